The first-order chi connectivity index (χ1) is 15.2. The van der Waals surface area contributed by atoms with Crippen LogP contribution in [0.3, 0.4) is 0 Å². The predicted octanol–water partition coefficient (Wildman–Crippen LogP) is 4.34. The van der Waals surface area contributed by atoms with Crippen LogP contribution in [-0.2, 0) is 17.9 Å². The molecule has 6 heteroatoms. The molecule has 0 aliphatic rings. The van der Waals surface area contributed by atoms with Gasteiger partial charge < -0.3 is 19.6 Å². The number of nitrogens with one attached hydrogen (secondary N) is 2. The second-order valence-corrected chi connectivity index (χ2v) is 7.05. The maximum absolute atomic E-state index is 13.0. The monoisotopic (exact) mass is 413 g/mol. The van der Waals surface area contributed by atoms with Crippen LogP contribution in [0.4, 0.5) is 0 Å². The topological polar surface area (TPSA) is 76.3 Å². The highest BCUT2D eigenvalue weighted by Crippen LogP contribution is 2.23. The van der Waals surface area contributed by atoms with Crippen LogP contribution in [0.2, 0.25) is 0 Å². The van der Waals surface area contributed by atoms with Gasteiger partial charge in [-0.3, -0.25) is 9.59 Å². The van der Waals surface area contributed by atoms with Crippen LogP contribution in [0.1, 0.15) is 28.6 Å². The van der Waals surface area contributed by atoms with Gasteiger partial charge in [-0.2, -0.15) is 0 Å². The molecule has 31 heavy (non-hydrogen) atoms. The van der Waals surface area contributed by atoms with E-state index < -0.39 is 5.91 Å². The number of fused-ring (bicyclic) bond motifs is 1. The molecule has 2 heterocycles. The molecule has 0 saturated carbocycles. The second-order valence-electron chi connectivity index (χ2n) is 7.05. The standard InChI is InChI=1S/C25H23N3O3/c1-2-28-17-19(20-11-6-7-12-22(20)28)15-21(27-25(30)23-13-8-14-31-23)24(29)26-16-18-9-4-3-5-10-18/h3-15,17H,2,16H2,1H3,(H,26,29)(H,27,30)/b21-15-. The van der Waals surface area contributed by atoms with Gasteiger partial charge in [0.05, 0.1) is 6.26 Å². The van der Waals surface area contributed by atoms with Gasteiger partial charge in [-0.1, -0.05) is 48.5 Å². The molecule has 0 aliphatic heterocycles. The Labute approximate surface area is 180 Å². The molecule has 0 radical (unpaired) electrons. The number of carbonyl (C=O) groups excluding carboxylic acids is 2. The molecule has 4 rings (SSSR count). The average molecular weight is 413 g/mol. The zero-order chi connectivity index (χ0) is 21.6. The molecular formula is C25H23N3O3. The first kappa shape index (κ1) is 20.2. The number of rotatable bonds is 7. The number of aryl methyl sites for hydroxylation is 1. The van der Waals surface area contributed by atoms with Crippen molar-refractivity contribution in [1.29, 1.82) is 0 Å². The lowest BCUT2D eigenvalue weighted by molar-refractivity contribution is -0.117. The number of benzene rings is 2. The molecule has 0 bridgehead atoms. The summed E-state index contributed by atoms with van der Waals surface area (Å²) in [5.74, 6) is -0.722. The maximum atomic E-state index is 13.0. The zero-order valence-electron chi connectivity index (χ0n) is 17.2. The van der Waals surface area contributed by atoms with Crippen molar-refractivity contribution >= 4 is 28.8 Å². The van der Waals surface area contributed by atoms with Gasteiger partial charge in [0.1, 0.15) is 5.70 Å². The van der Waals surface area contributed by atoms with Crippen LogP contribution >= 0.6 is 0 Å². The summed E-state index contributed by atoms with van der Waals surface area (Å²) in [4.78, 5) is 25.6. The lowest BCUT2D eigenvalue weighted by Crippen LogP contribution is -2.34. The summed E-state index contributed by atoms with van der Waals surface area (Å²) in [5.41, 5.74) is 3.03. The van der Waals surface area contributed by atoms with E-state index in [2.05, 4.69) is 22.1 Å². The highest BCUT2D eigenvalue weighted by Gasteiger charge is 2.17. The molecule has 0 aliphatic carbocycles. The van der Waals surface area contributed by atoms with Crippen molar-refractivity contribution in [1.82, 2.24) is 15.2 Å². The van der Waals surface area contributed by atoms with Gasteiger partial charge in [-0.05, 0) is 36.8 Å². The largest absolute Gasteiger partial charge is 0.459 e. The summed E-state index contributed by atoms with van der Waals surface area (Å²) < 4.78 is 7.28. The normalized spacial score (nSPS) is 11.5. The third-order valence-corrected chi connectivity index (χ3v) is 4.99. The summed E-state index contributed by atoms with van der Waals surface area (Å²) in [6.45, 7) is 3.21. The highest BCUT2D eigenvalue weighted by molar-refractivity contribution is 6.05. The molecular weight excluding hydrogens is 390 g/mol. The van der Waals surface area contributed by atoms with Crippen LogP contribution in [0.15, 0.2) is 89.3 Å². The number of nitrogens with zero attached hydrogens (tertiary/aromatic N) is 1. The Kier molecular flexibility index (Phi) is 5.98. The third kappa shape index (κ3) is 4.59. The van der Waals surface area contributed by atoms with E-state index in [4.69, 9.17) is 4.42 Å². The van der Waals surface area contributed by atoms with E-state index in [1.54, 1.807) is 18.2 Å². The van der Waals surface area contributed by atoms with Gasteiger partial charge in [-0.15, -0.1) is 0 Å². The zero-order valence-corrected chi connectivity index (χ0v) is 17.2. The molecule has 2 aromatic carbocycles. The van der Waals surface area contributed by atoms with E-state index in [9.17, 15) is 9.59 Å². The Balaban J connectivity index is 1.66. The summed E-state index contributed by atoms with van der Waals surface area (Å²) in [5, 5.41) is 6.59. The van der Waals surface area contributed by atoms with Crippen LogP contribution in [0, 0.1) is 0 Å². The fourth-order valence-corrected chi connectivity index (χ4v) is 3.43. The molecule has 0 spiro atoms. The number of carbonyl (C=O) groups is 2. The van der Waals surface area contributed by atoms with E-state index in [0.29, 0.717) is 6.54 Å². The van der Waals surface area contributed by atoms with Crippen LogP contribution in [0.25, 0.3) is 17.0 Å². The predicted molar refractivity (Wildman–Crippen MR) is 120 cm³/mol. The first-order valence-electron chi connectivity index (χ1n) is 10.1. The number of hydrogen-bond donors (Lipinski definition) is 2. The Morgan fingerprint density at radius 1 is 1.00 bits per heavy atom. The fourth-order valence-electron chi connectivity index (χ4n) is 3.43. The lowest BCUT2D eigenvalue weighted by Gasteiger charge is -2.10. The molecule has 2 amide bonds. The summed E-state index contributed by atoms with van der Waals surface area (Å²) in [6.07, 6.45) is 5.10. The third-order valence-electron chi connectivity index (χ3n) is 4.99. The van der Waals surface area contributed by atoms with Crippen molar-refractivity contribution in [3.05, 3.63) is 102 Å². The van der Waals surface area contributed by atoms with E-state index in [1.807, 2.05) is 60.8 Å². The minimum Gasteiger partial charge on any atom is -0.459 e. The SMILES string of the molecule is CCn1cc(/C=C(\NC(=O)c2ccco2)C(=O)NCc2ccccc2)c2ccccc21. The Morgan fingerprint density at radius 3 is 2.52 bits per heavy atom. The molecule has 2 aromatic heterocycles. The van der Waals surface area contributed by atoms with Gasteiger partial charge in [0.2, 0.25) is 0 Å². The molecule has 2 N–H and O–H groups in total. The van der Waals surface area contributed by atoms with Crippen LogP contribution < -0.4 is 10.6 Å². The van der Waals surface area contributed by atoms with Gasteiger partial charge in [0, 0.05) is 35.8 Å². The Hall–Kier alpha value is -4.06. The van der Waals surface area contributed by atoms with Crippen molar-refractivity contribution < 1.29 is 14.0 Å². The number of amides is 2. The van der Waals surface area contributed by atoms with Crippen LogP contribution in [-0.4, -0.2) is 16.4 Å². The minimum atomic E-state index is -0.481. The smallest absolute Gasteiger partial charge is 0.291 e. The molecule has 0 saturated heterocycles. The van der Waals surface area contributed by atoms with Gasteiger partial charge in [0.25, 0.3) is 11.8 Å². The van der Waals surface area contributed by atoms with E-state index in [0.717, 1.165) is 28.6 Å². The molecule has 0 atom stereocenters. The van der Waals surface area contributed by atoms with Gasteiger partial charge in [0.15, 0.2) is 5.76 Å². The summed E-state index contributed by atoms with van der Waals surface area (Å²) in [6, 6.07) is 20.8. The van der Waals surface area contributed by atoms with Crippen molar-refractivity contribution in [2.75, 3.05) is 0 Å². The van der Waals surface area contributed by atoms with E-state index in [-0.39, 0.29) is 17.4 Å². The molecule has 156 valence electrons. The van der Waals surface area contributed by atoms with Gasteiger partial charge >= 0.3 is 0 Å². The minimum absolute atomic E-state index is 0.137. The molecule has 0 unspecified atom stereocenters. The number of para-hydroxylation sites is 1. The van der Waals surface area contributed by atoms with Crippen molar-refractivity contribution in [3.63, 3.8) is 0 Å². The lowest BCUT2D eigenvalue weighted by atomic mass is 10.1. The van der Waals surface area contributed by atoms with Crippen molar-refractivity contribution in [3.8, 4) is 0 Å². The number of hydrogen-bond acceptors (Lipinski definition) is 3. The second kappa shape index (κ2) is 9.17. The van der Waals surface area contributed by atoms with Crippen molar-refractivity contribution in [2.24, 2.45) is 0 Å². The Bertz CT molecular complexity index is 1220. The first-order valence-corrected chi connectivity index (χ1v) is 10.1. The van der Waals surface area contributed by atoms with E-state index in [1.165, 1.54) is 6.26 Å². The highest BCUT2D eigenvalue weighted by atomic mass is 16.3. The number of aromatic nitrogens is 1. The van der Waals surface area contributed by atoms with Gasteiger partial charge in [-0.25, -0.2) is 0 Å². The molecule has 0 fully saturated rings. The summed E-state index contributed by atoms with van der Waals surface area (Å²) >= 11 is 0. The molecule has 4 aromatic rings. The number of furan rings is 1. The maximum Gasteiger partial charge on any atom is 0.291 e. The fraction of sp³-hybridized carbons (Fsp3) is 0.120. The summed E-state index contributed by atoms with van der Waals surface area (Å²) in [7, 11) is 0. The quantitative estimate of drug-likeness (QED) is 0.443. The van der Waals surface area contributed by atoms with Crippen molar-refractivity contribution in [2.45, 2.75) is 20.0 Å². The van der Waals surface area contributed by atoms with E-state index >= 15 is 0 Å². The average Bonchev–Trinajstić information content (AvgIpc) is 3.46. The Morgan fingerprint density at radius 2 is 1.77 bits per heavy atom. The van der Waals surface area contributed by atoms with Crippen LogP contribution in [0.5, 0.6) is 0 Å². The molecule has 6 nitrogen and oxygen atoms in total.